The first-order valence-corrected chi connectivity index (χ1v) is 17.2. The first-order chi connectivity index (χ1) is 23.3. The van der Waals surface area contributed by atoms with Crippen LogP contribution in [0.2, 0.25) is 0 Å². The molecule has 10 nitrogen and oxygen atoms in total. The van der Waals surface area contributed by atoms with E-state index in [4.69, 9.17) is 20.9 Å². The third-order valence-electron chi connectivity index (χ3n) is 9.13. The number of hydrogen-bond donors (Lipinski definition) is 3. The zero-order valence-corrected chi connectivity index (χ0v) is 28.7. The summed E-state index contributed by atoms with van der Waals surface area (Å²) >= 11 is 0. The van der Waals surface area contributed by atoms with Gasteiger partial charge in [0.2, 0.25) is 5.91 Å². The predicted molar refractivity (Wildman–Crippen MR) is 184 cm³/mol. The van der Waals surface area contributed by atoms with E-state index in [9.17, 15) is 22.8 Å². The van der Waals surface area contributed by atoms with Crippen molar-refractivity contribution in [2.24, 2.45) is 5.73 Å². The van der Waals surface area contributed by atoms with E-state index in [1.165, 1.54) is 6.07 Å². The number of ether oxygens (including phenoxy) is 2. The number of piperidine rings is 1. The van der Waals surface area contributed by atoms with Gasteiger partial charge in [-0.25, -0.2) is 14.8 Å². The number of primary amides is 1. The smallest absolute Gasteiger partial charge is 0.416 e. The van der Waals surface area contributed by atoms with Crippen LogP contribution in [-0.2, 0) is 15.7 Å². The number of likely N-dealkylation sites (tertiary alicyclic amines) is 1. The molecule has 2 aromatic carbocycles. The van der Waals surface area contributed by atoms with Gasteiger partial charge in [-0.1, -0.05) is 38.5 Å². The number of carbonyl (C=O) groups is 2. The molecular formula is C36H49F3N6O4. The SMILES string of the molecule is COc1cc2nc(C)nc(NC(C)c3cc(N)cc(C(F)(F)F)c3)c2cc1C1CCN(C(=O)CCCCCCCCCCOC(N)=O)CC1. The van der Waals surface area contributed by atoms with Gasteiger partial charge in [-0.05, 0) is 80.8 Å². The van der Waals surface area contributed by atoms with Gasteiger partial charge in [0.1, 0.15) is 17.4 Å². The third-order valence-corrected chi connectivity index (χ3v) is 9.13. The van der Waals surface area contributed by atoms with Crippen LogP contribution >= 0.6 is 0 Å². The molecule has 0 aliphatic carbocycles. The largest absolute Gasteiger partial charge is 0.496 e. The van der Waals surface area contributed by atoms with Crippen LogP contribution in [0, 0.1) is 6.92 Å². The highest BCUT2D eigenvalue weighted by molar-refractivity contribution is 5.91. The first-order valence-electron chi connectivity index (χ1n) is 17.2. The number of rotatable bonds is 16. The molecule has 5 N–H and O–H groups in total. The maximum atomic E-state index is 13.5. The van der Waals surface area contributed by atoms with Crippen molar-refractivity contribution in [3.63, 3.8) is 0 Å². The predicted octanol–water partition coefficient (Wildman–Crippen LogP) is 8.03. The number of hydrogen-bond acceptors (Lipinski definition) is 8. The zero-order valence-electron chi connectivity index (χ0n) is 28.7. The van der Waals surface area contributed by atoms with Gasteiger partial charge in [-0.2, -0.15) is 13.2 Å². The average Bonchev–Trinajstić information content (AvgIpc) is 3.05. The Morgan fingerprint density at radius 1 is 0.980 bits per heavy atom. The van der Waals surface area contributed by atoms with Crippen molar-refractivity contribution in [2.75, 3.05) is 37.9 Å². The topological polar surface area (TPSA) is 146 Å². The zero-order chi connectivity index (χ0) is 35.6. The molecule has 1 unspecified atom stereocenters. The van der Waals surface area contributed by atoms with E-state index in [1.54, 1.807) is 21.0 Å². The van der Waals surface area contributed by atoms with Gasteiger partial charge in [0.25, 0.3) is 0 Å². The maximum absolute atomic E-state index is 13.5. The molecule has 1 aliphatic rings. The molecule has 1 aromatic heterocycles. The molecule has 3 aromatic rings. The Kier molecular flexibility index (Phi) is 13.3. The van der Waals surface area contributed by atoms with Crippen LogP contribution < -0.4 is 21.5 Å². The van der Waals surface area contributed by atoms with E-state index in [0.717, 1.165) is 87.3 Å². The highest BCUT2D eigenvalue weighted by Gasteiger charge is 2.32. The number of amides is 2. The molecule has 4 rings (SSSR count). The first kappa shape index (κ1) is 37.5. The quantitative estimate of drug-likeness (QED) is 0.101. The van der Waals surface area contributed by atoms with Crippen molar-refractivity contribution in [1.29, 1.82) is 0 Å². The monoisotopic (exact) mass is 686 g/mol. The van der Waals surface area contributed by atoms with E-state index in [0.29, 0.717) is 54.6 Å². The normalized spacial score (nSPS) is 14.5. The van der Waals surface area contributed by atoms with Gasteiger partial charge in [-0.15, -0.1) is 0 Å². The molecule has 0 saturated carbocycles. The summed E-state index contributed by atoms with van der Waals surface area (Å²) in [6, 6.07) is 6.93. The summed E-state index contributed by atoms with van der Waals surface area (Å²) in [6.07, 6.45) is 5.08. The van der Waals surface area contributed by atoms with Crippen molar-refractivity contribution >= 4 is 34.4 Å². The number of nitrogens with one attached hydrogen (secondary N) is 1. The van der Waals surface area contributed by atoms with Crippen LogP contribution in [0.4, 0.5) is 29.5 Å². The molecule has 268 valence electrons. The summed E-state index contributed by atoms with van der Waals surface area (Å²) in [5.74, 6) is 2.08. The van der Waals surface area contributed by atoms with E-state index >= 15 is 0 Å². The Morgan fingerprint density at radius 2 is 1.63 bits per heavy atom. The number of aryl methyl sites for hydroxylation is 1. The van der Waals surface area contributed by atoms with E-state index in [1.807, 2.05) is 17.0 Å². The number of benzene rings is 2. The van der Waals surface area contributed by atoms with Gasteiger partial charge >= 0.3 is 12.3 Å². The standard InChI is InChI=1S/C36H49F3N6O4/c1-23(26-18-27(36(37,38)39)20-28(40)19-26)42-34-30-21-29(32(48-3)22-31(30)43-24(2)44-34)25-13-15-45(16-14-25)33(46)12-10-8-6-4-5-7-9-11-17-49-35(41)47/h18-23,25H,4-17,40H2,1-3H3,(H2,41,47)(H,42,43,44). The number of aromatic nitrogens is 2. The lowest BCUT2D eigenvalue weighted by atomic mass is 9.87. The number of nitrogens with two attached hydrogens (primary N) is 2. The highest BCUT2D eigenvalue weighted by atomic mass is 19.4. The number of halogens is 3. The molecule has 1 fully saturated rings. The minimum absolute atomic E-state index is 0.0354. The van der Waals surface area contributed by atoms with Crippen LogP contribution in [-0.4, -0.2) is 53.7 Å². The molecule has 1 saturated heterocycles. The second kappa shape index (κ2) is 17.4. The molecule has 1 atom stereocenters. The molecular weight excluding hydrogens is 637 g/mol. The molecule has 2 amide bonds. The third kappa shape index (κ3) is 10.9. The minimum atomic E-state index is -4.51. The van der Waals surface area contributed by atoms with Crippen molar-refractivity contribution in [2.45, 2.75) is 103 Å². The lowest BCUT2D eigenvalue weighted by Crippen LogP contribution is -2.37. The lowest BCUT2D eigenvalue weighted by Gasteiger charge is -2.33. The number of methoxy groups -OCH3 is 1. The molecule has 13 heteroatoms. The number of alkyl halides is 3. The maximum Gasteiger partial charge on any atom is 0.416 e. The fourth-order valence-corrected chi connectivity index (χ4v) is 6.48. The Morgan fingerprint density at radius 3 is 2.27 bits per heavy atom. The molecule has 0 spiro atoms. The molecule has 49 heavy (non-hydrogen) atoms. The van der Waals surface area contributed by atoms with E-state index in [-0.39, 0.29) is 17.5 Å². The molecule has 0 radical (unpaired) electrons. The fraction of sp³-hybridized carbons (Fsp3) is 0.556. The summed E-state index contributed by atoms with van der Waals surface area (Å²) in [5, 5.41) is 4.04. The number of carbonyl (C=O) groups excluding carboxylic acids is 2. The van der Waals surface area contributed by atoms with E-state index < -0.39 is 23.9 Å². The summed E-state index contributed by atoms with van der Waals surface area (Å²) < 4.78 is 51.0. The average molecular weight is 687 g/mol. The van der Waals surface area contributed by atoms with Crippen LogP contribution in [0.1, 0.15) is 112 Å². The number of fused-ring (bicyclic) bond motifs is 1. The molecule has 0 bridgehead atoms. The van der Waals surface area contributed by atoms with Crippen LogP contribution in [0.15, 0.2) is 30.3 Å². The second-order valence-corrected chi connectivity index (χ2v) is 12.9. The summed E-state index contributed by atoms with van der Waals surface area (Å²) in [6.45, 7) is 5.23. The summed E-state index contributed by atoms with van der Waals surface area (Å²) in [4.78, 5) is 34.7. The molecule has 1 aliphatic heterocycles. The number of anilines is 2. The van der Waals surface area contributed by atoms with Crippen LogP contribution in [0.3, 0.4) is 0 Å². The van der Waals surface area contributed by atoms with Crippen molar-refractivity contribution in [3.8, 4) is 5.75 Å². The van der Waals surface area contributed by atoms with Gasteiger partial charge in [-0.3, -0.25) is 4.79 Å². The Bertz CT molecular complexity index is 1580. The van der Waals surface area contributed by atoms with Crippen molar-refractivity contribution in [3.05, 3.63) is 52.8 Å². The number of nitrogen functional groups attached to an aromatic ring is 1. The van der Waals surface area contributed by atoms with Crippen LogP contribution in [0.5, 0.6) is 5.75 Å². The van der Waals surface area contributed by atoms with Gasteiger partial charge < -0.3 is 31.2 Å². The number of nitrogens with zero attached hydrogens (tertiary/aromatic N) is 3. The van der Waals surface area contributed by atoms with Crippen molar-refractivity contribution in [1.82, 2.24) is 14.9 Å². The van der Waals surface area contributed by atoms with Gasteiger partial charge in [0.05, 0.1) is 30.8 Å². The Hall–Kier alpha value is -4.29. The summed E-state index contributed by atoms with van der Waals surface area (Å²) in [7, 11) is 1.62. The van der Waals surface area contributed by atoms with Gasteiger partial charge in [0.15, 0.2) is 0 Å². The fourth-order valence-electron chi connectivity index (χ4n) is 6.48. The Balaban J connectivity index is 1.33. The van der Waals surface area contributed by atoms with Gasteiger partial charge in [0, 0.05) is 36.7 Å². The second-order valence-electron chi connectivity index (χ2n) is 12.9. The summed E-state index contributed by atoms with van der Waals surface area (Å²) in [5.41, 5.74) is 12.1. The highest BCUT2D eigenvalue weighted by Crippen LogP contribution is 2.39. The van der Waals surface area contributed by atoms with Crippen LogP contribution in [0.25, 0.3) is 10.9 Å². The number of unbranched alkanes of at least 4 members (excludes halogenated alkanes) is 7. The minimum Gasteiger partial charge on any atom is -0.496 e. The lowest BCUT2D eigenvalue weighted by molar-refractivity contribution is -0.137. The Labute approximate surface area is 286 Å². The van der Waals surface area contributed by atoms with E-state index in [2.05, 4.69) is 15.3 Å². The molecule has 2 heterocycles. The van der Waals surface area contributed by atoms with Crippen molar-refractivity contribution < 1.29 is 32.2 Å².